The smallest absolute Gasteiger partial charge is 0.176 e. The van der Waals surface area contributed by atoms with E-state index in [2.05, 4.69) is 10.3 Å². The van der Waals surface area contributed by atoms with Crippen LogP contribution in [0, 0.1) is 5.13 Å². The average Bonchev–Trinajstić information content (AvgIpc) is 2.98. The Morgan fingerprint density at radius 1 is 1.23 bits per heavy atom. The van der Waals surface area contributed by atoms with Crippen molar-refractivity contribution in [3.8, 4) is 5.75 Å². The lowest BCUT2D eigenvalue weighted by Crippen LogP contribution is -2.15. The maximum atomic E-state index is 13.3. The van der Waals surface area contributed by atoms with E-state index in [-0.39, 0.29) is 11.2 Å². The van der Waals surface area contributed by atoms with Gasteiger partial charge in [-0.1, -0.05) is 6.07 Å². The summed E-state index contributed by atoms with van der Waals surface area (Å²) >= 11 is 1.14. The van der Waals surface area contributed by atoms with Gasteiger partial charge in [-0.2, -0.15) is 4.39 Å². The Morgan fingerprint density at radius 3 is 2.91 bits per heavy atom. The zero-order valence-electron chi connectivity index (χ0n) is 12.3. The first-order chi connectivity index (χ1) is 10.8. The first-order valence-electron chi connectivity index (χ1n) is 7.18. The van der Waals surface area contributed by atoms with Crippen LogP contribution in [0.4, 0.5) is 4.39 Å². The van der Waals surface area contributed by atoms with Gasteiger partial charge in [0, 0.05) is 22.9 Å². The first-order valence-corrected chi connectivity index (χ1v) is 8.00. The van der Waals surface area contributed by atoms with Gasteiger partial charge in [0.05, 0.1) is 5.52 Å². The van der Waals surface area contributed by atoms with Gasteiger partial charge in [0.15, 0.2) is 5.13 Å². The predicted molar refractivity (Wildman–Crippen MR) is 87.9 cm³/mol. The van der Waals surface area contributed by atoms with Crippen LogP contribution in [0.1, 0.15) is 17.4 Å². The monoisotopic (exact) mass is 316 g/mol. The summed E-state index contributed by atoms with van der Waals surface area (Å²) in [5.41, 5.74) is 0.893. The normalized spacial score (nSPS) is 12.5. The maximum Gasteiger partial charge on any atom is 0.176 e. The number of hydrogen-bond donors (Lipinski definition) is 1. The zero-order chi connectivity index (χ0) is 15.4. The van der Waals surface area contributed by atoms with Gasteiger partial charge in [-0.15, -0.1) is 11.3 Å². The van der Waals surface area contributed by atoms with Gasteiger partial charge in [0.1, 0.15) is 11.9 Å². The number of ether oxygens (including phenoxy) is 1. The molecule has 22 heavy (non-hydrogen) atoms. The third-order valence-electron chi connectivity index (χ3n) is 3.44. The van der Waals surface area contributed by atoms with Crippen molar-refractivity contribution in [1.29, 1.82) is 0 Å². The van der Waals surface area contributed by atoms with Gasteiger partial charge in [0.2, 0.25) is 0 Å². The van der Waals surface area contributed by atoms with E-state index in [1.165, 1.54) is 6.07 Å². The quantitative estimate of drug-likeness (QED) is 0.741. The van der Waals surface area contributed by atoms with Crippen LogP contribution >= 0.6 is 11.3 Å². The van der Waals surface area contributed by atoms with E-state index in [0.717, 1.165) is 45.8 Å². The summed E-state index contributed by atoms with van der Waals surface area (Å²) in [6.45, 7) is 0.799. The Hall–Kier alpha value is -1.98. The Labute approximate surface area is 132 Å². The molecular weight excluding hydrogens is 299 g/mol. The molecule has 0 amide bonds. The number of nitrogens with one attached hydrogen (secondary N) is 1. The molecule has 0 aliphatic rings. The molecule has 3 nitrogen and oxygen atoms in total. The van der Waals surface area contributed by atoms with E-state index in [1.54, 1.807) is 12.3 Å². The first kappa shape index (κ1) is 14.9. The fourth-order valence-electron chi connectivity index (χ4n) is 2.37. The SMILES string of the molecule is CNCC[C@@H](Oc1cccc2ncccc12)c1ccc(F)s1. The maximum absolute atomic E-state index is 13.3. The van der Waals surface area contributed by atoms with E-state index in [4.69, 9.17) is 4.74 Å². The van der Waals surface area contributed by atoms with Crippen LogP contribution in [-0.4, -0.2) is 18.6 Å². The fraction of sp³-hybridized carbons (Fsp3) is 0.235. The molecule has 2 heterocycles. The molecule has 0 saturated carbocycles. The minimum Gasteiger partial charge on any atom is -0.484 e. The summed E-state index contributed by atoms with van der Waals surface area (Å²) in [6, 6.07) is 13.0. The van der Waals surface area contributed by atoms with Gasteiger partial charge < -0.3 is 10.1 Å². The van der Waals surface area contributed by atoms with Crippen LogP contribution in [0.2, 0.25) is 0 Å². The molecule has 0 spiro atoms. The fourth-order valence-corrected chi connectivity index (χ4v) is 3.16. The lowest BCUT2D eigenvalue weighted by atomic mass is 10.1. The lowest BCUT2D eigenvalue weighted by molar-refractivity contribution is 0.201. The van der Waals surface area contributed by atoms with E-state index in [0.29, 0.717) is 0 Å². The Bertz CT molecular complexity index is 754. The molecule has 2 aromatic heterocycles. The molecule has 0 bridgehead atoms. The zero-order valence-corrected chi connectivity index (χ0v) is 13.1. The van der Waals surface area contributed by atoms with Gasteiger partial charge in [0.25, 0.3) is 0 Å². The second-order valence-electron chi connectivity index (χ2n) is 4.97. The lowest BCUT2D eigenvalue weighted by Gasteiger charge is -2.19. The highest BCUT2D eigenvalue weighted by Crippen LogP contribution is 2.32. The topological polar surface area (TPSA) is 34.1 Å². The molecule has 1 aromatic carbocycles. The molecule has 3 rings (SSSR count). The third-order valence-corrected chi connectivity index (χ3v) is 4.41. The van der Waals surface area contributed by atoms with Crippen molar-refractivity contribution in [3.05, 3.63) is 58.7 Å². The summed E-state index contributed by atoms with van der Waals surface area (Å²) in [4.78, 5) is 5.24. The number of halogens is 1. The Balaban J connectivity index is 1.91. The number of rotatable bonds is 6. The largest absolute Gasteiger partial charge is 0.484 e. The molecule has 1 N–H and O–H groups in total. The van der Waals surface area contributed by atoms with Crippen LogP contribution in [0.5, 0.6) is 5.75 Å². The molecule has 0 unspecified atom stereocenters. The minimum atomic E-state index is -0.187. The summed E-state index contributed by atoms with van der Waals surface area (Å²) in [7, 11) is 1.90. The van der Waals surface area contributed by atoms with Crippen LogP contribution in [0.15, 0.2) is 48.7 Å². The number of hydrogen-bond acceptors (Lipinski definition) is 4. The standard InChI is InChI=1S/C17H17FN2OS/c1-19-11-9-15(16-7-8-17(18)22-16)21-14-6-2-5-13-12(14)4-3-10-20-13/h2-8,10,15,19H,9,11H2,1H3/t15-/m1/s1. The van der Waals surface area contributed by atoms with Gasteiger partial charge in [-0.25, -0.2) is 0 Å². The minimum absolute atomic E-state index is 0.173. The van der Waals surface area contributed by atoms with Crippen LogP contribution in [-0.2, 0) is 0 Å². The molecular formula is C17H17FN2OS. The molecule has 1 atom stereocenters. The number of benzene rings is 1. The van der Waals surface area contributed by atoms with Crippen molar-refractivity contribution in [2.45, 2.75) is 12.5 Å². The van der Waals surface area contributed by atoms with Crippen molar-refractivity contribution < 1.29 is 9.13 Å². The van der Waals surface area contributed by atoms with Crippen molar-refractivity contribution >= 4 is 22.2 Å². The Kier molecular flexibility index (Phi) is 4.65. The van der Waals surface area contributed by atoms with Gasteiger partial charge >= 0.3 is 0 Å². The number of fused-ring (bicyclic) bond motifs is 1. The van der Waals surface area contributed by atoms with Crippen LogP contribution in [0.3, 0.4) is 0 Å². The van der Waals surface area contributed by atoms with Crippen molar-refractivity contribution in [3.63, 3.8) is 0 Å². The highest BCUT2D eigenvalue weighted by atomic mass is 32.1. The number of nitrogens with zero attached hydrogens (tertiary/aromatic N) is 1. The van der Waals surface area contributed by atoms with Gasteiger partial charge in [-0.05, 0) is 50.0 Å². The number of thiophene rings is 1. The molecule has 0 aliphatic heterocycles. The molecule has 0 aliphatic carbocycles. The molecule has 3 aromatic rings. The third kappa shape index (κ3) is 3.26. The van der Waals surface area contributed by atoms with Crippen LogP contribution in [0.25, 0.3) is 10.9 Å². The summed E-state index contributed by atoms with van der Waals surface area (Å²) in [6.07, 6.45) is 2.36. The average molecular weight is 316 g/mol. The second-order valence-corrected chi connectivity index (χ2v) is 6.03. The molecule has 0 radical (unpaired) electrons. The number of pyridine rings is 1. The van der Waals surface area contributed by atoms with E-state index < -0.39 is 0 Å². The van der Waals surface area contributed by atoms with E-state index in [1.807, 2.05) is 37.4 Å². The number of aromatic nitrogens is 1. The second kappa shape index (κ2) is 6.85. The predicted octanol–water partition coefficient (Wildman–Crippen LogP) is 4.17. The summed E-state index contributed by atoms with van der Waals surface area (Å²) < 4.78 is 19.5. The van der Waals surface area contributed by atoms with Crippen molar-refractivity contribution in [2.75, 3.05) is 13.6 Å². The van der Waals surface area contributed by atoms with Gasteiger partial charge in [-0.3, -0.25) is 4.98 Å². The molecule has 5 heteroatoms. The highest BCUT2D eigenvalue weighted by Gasteiger charge is 2.17. The molecule has 0 fully saturated rings. The van der Waals surface area contributed by atoms with E-state index in [9.17, 15) is 4.39 Å². The highest BCUT2D eigenvalue weighted by molar-refractivity contribution is 7.10. The van der Waals surface area contributed by atoms with Crippen molar-refractivity contribution in [2.24, 2.45) is 0 Å². The summed E-state index contributed by atoms with van der Waals surface area (Å²) in [5.74, 6) is 0.778. The Morgan fingerprint density at radius 2 is 2.14 bits per heavy atom. The summed E-state index contributed by atoms with van der Waals surface area (Å²) in [5, 5.41) is 3.90. The van der Waals surface area contributed by atoms with E-state index >= 15 is 0 Å². The van der Waals surface area contributed by atoms with Crippen LogP contribution < -0.4 is 10.1 Å². The van der Waals surface area contributed by atoms with Crippen molar-refractivity contribution in [1.82, 2.24) is 10.3 Å². The molecule has 0 saturated heterocycles. The molecule has 114 valence electrons.